The van der Waals surface area contributed by atoms with Gasteiger partial charge in [0.05, 0.1) is 5.56 Å². The van der Waals surface area contributed by atoms with E-state index in [1.54, 1.807) is 0 Å². The Kier molecular flexibility index (Phi) is 4.08. The molecule has 3 rings (SSSR count). The fourth-order valence-electron chi connectivity index (χ4n) is 2.87. The zero-order chi connectivity index (χ0) is 15.9. The highest BCUT2D eigenvalue weighted by Gasteiger charge is 2.26. The molecule has 2 aromatic rings. The second-order valence-corrected chi connectivity index (χ2v) is 6.89. The molecule has 0 radical (unpaired) electrons. The van der Waals surface area contributed by atoms with Gasteiger partial charge in [-0.25, -0.2) is 0 Å². The molecule has 0 N–H and O–H groups in total. The van der Waals surface area contributed by atoms with Crippen LogP contribution in [0, 0.1) is 17.4 Å². The number of hydrogen-bond donors (Lipinski definition) is 0. The lowest BCUT2D eigenvalue weighted by Crippen LogP contribution is -2.35. The van der Waals surface area contributed by atoms with E-state index < -0.39 is 0 Å². The van der Waals surface area contributed by atoms with E-state index >= 15 is 0 Å². The van der Waals surface area contributed by atoms with Gasteiger partial charge in [0.1, 0.15) is 0 Å². The van der Waals surface area contributed by atoms with Gasteiger partial charge in [-0.05, 0) is 77.7 Å². The first-order valence-electron chi connectivity index (χ1n) is 7.35. The molecule has 22 heavy (non-hydrogen) atoms. The summed E-state index contributed by atoms with van der Waals surface area (Å²) in [6.45, 7) is 9.11. The molecule has 1 aliphatic heterocycles. The Labute approximate surface area is 145 Å². The summed E-state index contributed by atoms with van der Waals surface area (Å²) < 4.78 is 0.976. The van der Waals surface area contributed by atoms with Gasteiger partial charge in [-0.1, -0.05) is 24.8 Å². The van der Waals surface area contributed by atoms with Gasteiger partial charge in [-0.2, -0.15) is 0 Å². The van der Waals surface area contributed by atoms with Crippen molar-refractivity contribution in [3.05, 3.63) is 74.4 Å². The van der Waals surface area contributed by atoms with Crippen LogP contribution < -0.4 is 0 Å². The van der Waals surface area contributed by atoms with Crippen LogP contribution in [0.2, 0.25) is 0 Å². The summed E-state index contributed by atoms with van der Waals surface area (Å²) >= 11 is 2.21. The highest BCUT2D eigenvalue weighted by Crippen LogP contribution is 2.31. The molecule has 112 valence electrons. The summed E-state index contributed by atoms with van der Waals surface area (Å²) in [4.78, 5) is 14.7. The lowest BCUT2D eigenvalue weighted by molar-refractivity contribution is 0.0832. The number of hydrogen-bond acceptors (Lipinski definition) is 1. The molecule has 1 amide bonds. The summed E-state index contributed by atoms with van der Waals surface area (Å²) in [6, 6.07) is 12.1. The number of halogens is 1. The minimum atomic E-state index is 0.0406. The van der Waals surface area contributed by atoms with E-state index in [0.29, 0.717) is 6.54 Å². The average molecular weight is 403 g/mol. The lowest BCUT2D eigenvalue weighted by Gasteiger charge is -2.32. The first kappa shape index (κ1) is 15.3. The Morgan fingerprint density at radius 1 is 1.18 bits per heavy atom. The number of aryl methyl sites for hydroxylation is 2. The molecule has 1 aliphatic rings. The molecule has 0 saturated carbocycles. The molecule has 3 heteroatoms. The third kappa shape index (κ3) is 2.58. The number of rotatable bonds is 1. The normalized spacial score (nSPS) is 14.0. The summed E-state index contributed by atoms with van der Waals surface area (Å²) in [7, 11) is 0. The number of benzene rings is 2. The van der Waals surface area contributed by atoms with Crippen LogP contribution in [0.5, 0.6) is 0 Å². The molecule has 0 aliphatic carbocycles. The standard InChI is InChI=1S/C19H18INO/c1-12-10-15-8-9-21(14(3)17(15)11-13(12)2)19(22)16-6-4-5-7-18(16)20/h4-7,10-11H,3,8-9H2,1-2H3. The number of carbonyl (C=O) groups is 1. The third-order valence-corrected chi connectivity index (χ3v) is 5.25. The van der Waals surface area contributed by atoms with E-state index in [1.807, 2.05) is 29.2 Å². The maximum Gasteiger partial charge on any atom is 0.259 e. The van der Waals surface area contributed by atoms with E-state index in [2.05, 4.69) is 55.2 Å². The monoisotopic (exact) mass is 403 g/mol. The van der Waals surface area contributed by atoms with Crippen LogP contribution in [0.4, 0.5) is 0 Å². The van der Waals surface area contributed by atoms with Gasteiger partial charge >= 0.3 is 0 Å². The Bertz CT molecular complexity index is 779. The topological polar surface area (TPSA) is 20.3 Å². The molecule has 0 unspecified atom stereocenters. The van der Waals surface area contributed by atoms with Crippen LogP contribution >= 0.6 is 22.6 Å². The summed E-state index contributed by atoms with van der Waals surface area (Å²) in [5, 5.41) is 0. The third-order valence-electron chi connectivity index (χ3n) is 4.31. The second kappa shape index (κ2) is 5.88. The molecule has 2 nitrogen and oxygen atoms in total. The number of amides is 1. The zero-order valence-electron chi connectivity index (χ0n) is 12.8. The molecular formula is C19H18INO. The van der Waals surface area contributed by atoms with Crippen LogP contribution in [-0.2, 0) is 6.42 Å². The minimum absolute atomic E-state index is 0.0406. The fraction of sp³-hybridized carbons (Fsp3) is 0.211. The van der Waals surface area contributed by atoms with Gasteiger partial charge in [0.2, 0.25) is 0 Å². The van der Waals surface area contributed by atoms with Crippen molar-refractivity contribution in [1.29, 1.82) is 0 Å². The largest absolute Gasteiger partial charge is 0.308 e. The van der Waals surface area contributed by atoms with Crippen LogP contribution in [0.1, 0.15) is 32.6 Å². The molecule has 0 aromatic heterocycles. The number of carbonyl (C=O) groups excluding carboxylic acids is 1. The molecular weight excluding hydrogens is 385 g/mol. The van der Waals surface area contributed by atoms with E-state index in [9.17, 15) is 4.79 Å². The van der Waals surface area contributed by atoms with E-state index in [1.165, 1.54) is 16.7 Å². The molecule has 0 fully saturated rings. The predicted molar refractivity (Wildman–Crippen MR) is 98.8 cm³/mol. The van der Waals surface area contributed by atoms with Crippen molar-refractivity contribution in [1.82, 2.24) is 4.90 Å². The minimum Gasteiger partial charge on any atom is -0.308 e. The lowest BCUT2D eigenvalue weighted by atomic mass is 9.92. The molecule has 1 heterocycles. The van der Waals surface area contributed by atoms with Gasteiger partial charge in [-0.15, -0.1) is 0 Å². The SMILES string of the molecule is C=C1c2cc(C)c(C)cc2CCN1C(=O)c1ccccc1I. The van der Waals surface area contributed by atoms with Crippen LogP contribution in [0.3, 0.4) is 0 Å². The highest BCUT2D eigenvalue weighted by molar-refractivity contribution is 14.1. The maximum atomic E-state index is 12.9. The first-order valence-corrected chi connectivity index (χ1v) is 8.42. The van der Waals surface area contributed by atoms with Crippen molar-refractivity contribution in [3.63, 3.8) is 0 Å². The van der Waals surface area contributed by atoms with Gasteiger partial charge < -0.3 is 4.90 Å². The summed E-state index contributed by atoms with van der Waals surface area (Å²) in [6.07, 6.45) is 0.880. The molecule has 2 aromatic carbocycles. The molecule has 0 bridgehead atoms. The molecule has 0 spiro atoms. The van der Waals surface area contributed by atoms with Crippen molar-refractivity contribution in [2.24, 2.45) is 0 Å². The van der Waals surface area contributed by atoms with E-state index in [0.717, 1.165) is 26.8 Å². The smallest absolute Gasteiger partial charge is 0.259 e. The average Bonchev–Trinajstić information content (AvgIpc) is 2.50. The van der Waals surface area contributed by atoms with Gasteiger partial charge in [-0.3, -0.25) is 4.79 Å². The van der Waals surface area contributed by atoms with Crippen LogP contribution in [-0.4, -0.2) is 17.4 Å². The van der Waals surface area contributed by atoms with Crippen molar-refractivity contribution in [2.45, 2.75) is 20.3 Å². The quantitative estimate of drug-likeness (QED) is 0.639. The van der Waals surface area contributed by atoms with Crippen molar-refractivity contribution in [3.8, 4) is 0 Å². The number of nitrogens with zero attached hydrogens (tertiary/aromatic N) is 1. The Hall–Kier alpha value is -1.62. The van der Waals surface area contributed by atoms with Crippen molar-refractivity contribution in [2.75, 3.05) is 6.54 Å². The van der Waals surface area contributed by atoms with Crippen LogP contribution in [0.25, 0.3) is 5.70 Å². The Balaban J connectivity index is 1.98. The second-order valence-electron chi connectivity index (χ2n) is 5.73. The Morgan fingerprint density at radius 3 is 2.59 bits per heavy atom. The van der Waals surface area contributed by atoms with Gasteiger partial charge in [0.15, 0.2) is 0 Å². The summed E-state index contributed by atoms with van der Waals surface area (Å²) in [5.41, 5.74) is 6.49. The maximum absolute atomic E-state index is 12.9. The van der Waals surface area contributed by atoms with Crippen molar-refractivity contribution >= 4 is 34.2 Å². The van der Waals surface area contributed by atoms with Gasteiger partial charge in [0, 0.05) is 21.4 Å². The number of fused-ring (bicyclic) bond motifs is 1. The van der Waals surface area contributed by atoms with E-state index in [-0.39, 0.29) is 5.91 Å². The van der Waals surface area contributed by atoms with Gasteiger partial charge in [0.25, 0.3) is 5.91 Å². The van der Waals surface area contributed by atoms with Crippen molar-refractivity contribution < 1.29 is 4.79 Å². The zero-order valence-corrected chi connectivity index (χ0v) is 15.0. The molecule has 0 saturated heterocycles. The predicted octanol–water partition coefficient (Wildman–Crippen LogP) is 4.58. The summed E-state index contributed by atoms with van der Waals surface area (Å²) in [5.74, 6) is 0.0406. The molecule has 0 atom stereocenters. The Morgan fingerprint density at radius 2 is 1.86 bits per heavy atom. The fourth-order valence-corrected chi connectivity index (χ4v) is 3.49. The highest BCUT2D eigenvalue weighted by atomic mass is 127. The van der Waals surface area contributed by atoms with Crippen LogP contribution in [0.15, 0.2) is 43.0 Å². The van der Waals surface area contributed by atoms with E-state index in [4.69, 9.17) is 0 Å². The first-order chi connectivity index (χ1) is 10.5.